The summed E-state index contributed by atoms with van der Waals surface area (Å²) in [6, 6.07) is 8.58. The molecular weight excluding hydrogens is 234 g/mol. The molecule has 0 saturated carbocycles. The van der Waals surface area contributed by atoms with Crippen molar-refractivity contribution >= 4 is 0 Å². The molecule has 1 aromatic carbocycles. The Morgan fingerprint density at radius 2 is 1.58 bits per heavy atom. The summed E-state index contributed by atoms with van der Waals surface area (Å²) in [5.41, 5.74) is 9.37. The molecule has 3 heteroatoms. The van der Waals surface area contributed by atoms with E-state index in [1.165, 1.54) is 5.56 Å². The second-order valence-corrected chi connectivity index (χ2v) is 6.67. The number of nitrogens with zero attached hydrogens (tertiary/aromatic N) is 2. The van der Waals surface area contributed by atoms with E-state index in [1.807, 2.05) is 30.9 Å². The highest BCUT2D eigenvalue weighted by molar-refractivity contribution is 5.39. The van der Waals surface area contributed by atoms with Crippen LogP contribution in [-0.4, -0.2) is 9.55 Å². The van der Waals surface area contributed by atoms with Crippen LogP contribution < -0.4 is 5.73 Å². The zero-order chi connectivity index (χ0) is 14.3. The van der Waals surface area contributed by atoms with Crippen molar-refractivity contribution in [3.63, 3.8) is 0 Å². The van der Waals surface area contributed by atoms with Crippen molar-refractivity contribution in [2.75, 3.05) is 0 Å². The van der Waals surface area contributed by atoms with Crippen molar-refractivity contribution in [1.29, 1.82) is 0 Å². The zero-order valence-corrected chi connectivity index (χ0v) is 12.4. The highest BCUT2D eigenvalue weighted by Crippen LogP contribution is 2.25. The smallest absolute Gasteiger partial charge is 0.0994 e. The monoisotopic (exact) mass is 257 g/mol. The SMILES string of the molecule is CC(C)(C)c1ccc(-n2cncc2C(C)(C)N)cc1. The van der Waals surface area contributed by atoms with E-state index in [9.17, 15) is 0 Å². The van der Waals surface area contributed by atoms with Crippen LogP contribution in [0.15, 0.2) is 36.8 Å². The molecule has 0 fully saturated rings. The van der Waals surface area contributed by atoms with Crippen LogP contribution in [0.4, 0.5) is 0 Å². The maximum absolute atomic E-state index is 6.18. The fourth-order valence-electron chi connectivity index (χ4n) is 2.10. The van der Waals surface area contributed by atoms with Gasteiger partial charge in [0.05, 0.1) is 23.8 Å². The maximum atomic E-state index is 6.18. The fourth-order valence-corrected chi connectivity index (χ4v) is 2.10. The molecule has 0 unspecified atom stereocenters. The van der Waals surface area contributed by atoms with Gasteiger partial charge in [0.2, 0.25) is 0 Å². The van der Waals surface area contributed by atoms with Crippen LogP contribution in [0.2, 0.25) is 0 Å². The molecule has 0 amide bonds. The molecule has 0 radical (unpaired) electrons. The lowest BCUT2D eigenvalue weighted by molar-refractivity contribution is 0.524. The molecule has 1 aromatic heterocycles. The van der Waals surface area contributed by atoms with Gasteiger partial charge in [0.15, 0.2) is 0 Å². The number of aromatic nitrogens is 2. The highest BCUT2D eigenvalue weighted by Gasteiger charge is 2.20. The highest BCUT2D eigenvalue weighted by atomic mass is 15.1. The quantitative estimate of drug-likeness (QED) is 0.896. The first-order chi connectivity index (χ1) is 8.69. The van der Waals surface area contributed by atoms with Gasteiger partial charge < -0.3 is 10.3 Å². The van der Waals surface area contributed by atoms with Crippen molar-refractivity contribution in [2.45, 2.75) is 45.6 Å². The van der Waals surface area contributed by atoms with Crippen LogP contribution in [0, 0.1) is 0 Å². The van der Waals surface area contributed by atoms with Gasteiger partial charge in [0.25, 0.3) is 0 Å². The summed E-state index contributed by atoms with van der Waals surface area (Å²) in [6.07, 6.45) is 3.65. The zero-order valence-electron chi connectivity index (χ0n) is 12.4. The minimum absolute atomic E-state index is 0.170. The summed E-state index contributed by atoms with van der Waals surface area (Å²) >= 11 is 0. The van der Waals surface area contributed by atoms with E-state index in [0.29, 0.717) is 0 Å². The Hall–Kier alpha value is -1.61. The number of hydrogen-bond donors (Lipinski definition) is 1. The van der Waals surface area contributed by atoms with E-state index in [-0.39, 0.29) is 5.41 Å². The van der Waals surface area contributed by atoms with Crippen LogP contribution in [0.1, 0.15) is 45.9 Å². The van der Waals surface area contributed by atoms with Crippen molar-refractivity contribution in [2.24, 2.45) is 5.73 Å². The third-order valence-corrected chi connectivity index (χ3v) is 3.31. The Bertz CT molecular complexity index is 551. The Morgan fingerprint density at radius 1 is 1.00 bits per heavy atom. The van der Waals surface area contributed by atoms with Gasteiger partial charge in [0.1, 0.15) is 0 Å². The summed E-state index contributed by atoms with van der Waals surface area (Å²) < 4.78 is 2.05. The van der Waals surface area contributed by atoms with E-state index in [0.717, 1.165) is 11.4 Å². The van der Waals surface area contributed by atoms with E-state index in [2.05, 4.69) is 50.0 Å². The normalized spacial score (nSPS) is 12.7. The average Bonchev–Trinajstić information content (AvgIpc) is 2.76. The predicted octanol–water partition coefficient (Wildman–Crippen LogP) is 3.36. The molecule has 2 aromatic rings. The molecule has 0 aliphatic heterocycles. The second-order valence-electron chi connectivity index (χ2n) is 6.67. The number of nitrogens with two attached hydrogens (primary N) is 1. The van der Waals surface area contributed by atoms with Gasteiger partial charge in [0, 0.05) is 5.69 Å². The summed E-state index contributed by atoms with van der Waals surface area (Å²) in [5, 5.41) is 0. The van der Waals surface area contributed by atoms with Gasteiger partial charge >= 0.3 is 0 Å². The second kappa shape index (κ2) is 4.49. The van der Waals surface area contributed by atoms with Crippen molar-refractivity contribution in [3.8, 4) is 5.69 Å². The molecule has 0 spiro atoms. The van der Waals surface area contributed by atoms with E-state index in [1.54, 1.807) is 0 Å². The predicted molar refractivity (Wildman–Crippen MR) is 79.5 cm³/mol. The van der Waals surface area contributed by atoms with E-state index < -0.39 is 5.54 Å². The lowest BCUT2D eigenvalue weighted by Gasteiger charge is -2.22. The lowest BCUT2D eigenvalue weighted by Crippen LogP contribution is -2.31. The first-order valence-corrected chi connectivity index (χ1v) is 6.62. The maximum Gasteiger partial charge on any atom is 0.0994 e. The van der Waals surface area contributed by atoms with Crippen LogP contribution in [0.3, 0.4) is 0 Å². The third-order valence-electron chi connectivity index (χ3n) is 3.31. The standard InChI is InChI=1S/C16H23N3/c1-15(2,3)12-6-8-13(9-7-12)19-11-18-10-14(19)16(4,5)17/h6-11H,17H2,1-5H3. The Kier molecular flexibility index (Phi) is 3.27. The Balaban J connectivity index is 2.42. The molecule has 2 N–H and O–H groups in total. The number of hydrogen-bond acceptors (Lipinski definition) is 2. The van der Waals surface area contributed by atoms with E-state index in [4.69, 9.17) is 5.73 Å². The van der Waals surface area contributed by atoms with Crippen LogP contribution >= 0.6 is 0 Å². The molecule has 19 heavy (non-hydrogen) atoms. The molecule has 2 rings (SSSR count). The molecule has 1 heterocycles. The molecule has 0 saturated heterocycles. The average molecular weight is 257 g/mol. The number of benzene rings is 1. The van der Waals surface area contributed by atoms with Gasteiger partial charge in [-0.2, -0.15) is 0 Å². The molecule has 0 atom stereocenters. The van der Waals surface area contributed by atoms with Gasteiger partial charge in [-0.25, -0.2) is 4.98 Å². The Morgan fingerprint density at radius 3 is 2.05 bits per heavy atom. The van der Waals surface area contributed by atoms with Crippen molar-refractivity contribution in [3.05, 3.63) is 48.0 Å². The molecule has 3 nitrogen and oxygen atoms in total. The third kappa shape index (κ3) is 2.87. The molecule has 0 aliphatic carbocycles. The summed E-state index contributed by atoms with van der Waals surface area (Å²) in [6.45, 7) is 10.6. The Labute approximate surface area is 115 Å². The number of rotatable bonds is 2. The minimum atomic E-state index is -0.404. The van der Waals surface area contributed by atoms with Gasteiger partial charge in [-0.15, -0.1) is 0 Å². The fraction of sp³-hybridized carbons (Fsp3) is 0.438. The summed E-state index contributed by atoms with van der Waals surface area (Å²) in [4.78, 5) is 4.22. The van der Waals surface area contributed by atoms with Gasteiger partial charge in [-0.3, -0.25) is 0 Å². The molecule has 102 valence electrons. The van der Waals surface area contributed by atoms with Crippen LogP contribution in [0.5, 0.6) is 0 Å². The van der Waals surface area contributed by atoms with E-state index >= 15 is 0 Å². The molecule has 0 bridgehead atoms. The summed E-state index contributed by atoms with van der Waals surface area (Å²) in [7, 11) is 0. The van der Waals surface area contributed by atoms with Gasteiger partial charge in [-0.1, -0.05) is 32.9 Å². The van der Waals surface area contributed by atoms with Crippen LogP contribution in [0.25, 0.3) is 5.69 Å². The summed E-state index contributed by atoms with van der Waals surface area (Å²) in [5.74, 6) is 0. The topological polar surface area (TPSA) is 43.8 Å². The first-order valence-electron chi connectivity index (χ1n) is 6.62. The minimum Gasteiger partial charge on any atom is -0.321 e. The van der Waals surface area contributed by atoms with Crippen LogP contribution in [-0.2, 0) is 11.0 Å². The van der Waals surface area contributed by atoms with Gasteiger partial charge in [-0.05, 0) is 37.0 Å². The first kappa shape index (κ1) is 13.8. The lowest BCUT2D eigenvalue weighted by atomic mass is 9.87. The van der Waals surface area contributed by atoms with Crippen molar-refractivity contribution < 1.29 is 0 Å². The number of imidazole rings is 1. The largest absolute Gasteiger partial charge is 0.321 e. The molecule has 0 aliphatic rings. The molecular formula is C16H23N3. The van der Waals surface area contributed by atoms with Crippen molar-refractivity contribution in [1.82, 2.24) is 9.55 Å².